The molecule has 3 atom stereocenters. The number of nitrogens with one attached hydrogen (secondary N) is 1. The highest BCUT2D eigenvalue weighted by Gasteiger charge is 2.36. The van der Waals surface area contributed by atoms with E-state index in [1.165, 1.54) is 37.6 Å². The van der Waals surface area contributed by atoms with Gasteiger partial charge >= 0.3 is 5.97 Å². The highest BCUT2D eigenvalue weighted by Crippen LogP contribution is 2.35. The fourth-order valence-electron chi connectivity index (χ4n) is 3.80. The fraction of sp³-hybridized carbons (Fsp3) is 0.632. The molecule has 0 radical (unpaired) electrons. The van der Waals surface area contributed by atoms with E-state index in [4.69, 9.17) is 15.2 Å². The van der Waals surface area contributed by atoms with Crippen LogP contribution in [0, 0.1) is 12.8 Å². The van der Waals surface area contributed by atoms with Crippen molar-refractivity contribution in [2.45, 2.75) is 51.7 Å². The Morgan fingerprint density at radius 2 is 2.15 bits per heavy atom. The van der Waals surface area contributed by atoms with E-state index in [0.717, 1.165) is 36.9 Å². The van der Waals surface area contributed by atoms with Gasteiger partial charge in [-0.2, -0.15) is 0 Å². The zero-order valence-corrected chi connectivity index (χ0v) is 15.9. The normalized spacial score (nSPS) is 22.9. The Balaban J connectivity index is 0.000000352. The minimum absolute atomic E-state index is 0.650. The van der Waals surface area contributed by atoms with Gasteiger partial charge in [-0.15, -0.1) is 6.58 Å². The van der Waals surface area contributed by atoms with Crippen LogP contribution in [-0.4, -0.2) is 63.3 Å². The Morgan fingerprint density at radius 1 is 1.46 bits per heavy atom. The monoisotopic (exact) mass is 362 g/mol. The molecule has 1 aliphatic heterocycles. The Kier molecular flexibility index (Phi) is 7.11. The number of aliphatic hydroxyl groups excluding tert-OH is 1. The van der Waals surface area contributed by atoms with Gasteiger partial charge in [0, 0.05) is 31.0 Å². The number of piperidine rings is 1. The van der Waals surface area contributed by atoms with Gasteiger partial charge in [0.25, 0.3) is 0 Å². The molecular formula is C19H30N4O3. The van der Waals surface area contributed by atoms with E-state index in [1.54, 1.807) is 0 Å². The molecule has 144 valence electrons. The number of fused-ring (bicyclic) bond motifs is 2. The van der Waals surface area contributed by atoms with E-state index in [-0.39, 0.29) is 0 Å². The first-order valence-electron chi connectivity index (χ1n) is 9.17. The number of hydrogen-bond acceptors (Lipinski definition) is 6. The smallest absolute Gasteiger partial charge is 0.332 e. The van der Waals surface area contributed by atoms with Crippen LogP contribution in [0.4, 0.5) is 5.95 Å². The number of hydrogen-bond donors (Lipinski definition) is 3. The van der Waals surface area contributed by atoms with Crippen molar-refractivity contribution in [1.29, 1.82) is 0 Å². The zero-order chi connectivity index (χ0) is 19.3. The van der Waals surface area contributed by atoms with Crippen LogP contribution in [0.25, 0.3) is 0 Å². The van der Waals surface area contributed by atoms with Crippen molar-refractivity contribution in [3.05, 3.63) is 29.6 Å². The first kappa shape index (κ1) is 20.3. The summed E-state index contributed by atoms with van der Waals surface area (Å²) in [6.45, 7) is 9.42. The van der Waals surface area contributed by atoms with Crippen molar-refractivity contribution in [2.24, 2.45) is 5.92 Å². The summed E-state index contributed by atoms with van der Waals surface area (Å²) in [6.07, 6.45) is 5.63. The Hall–Kier alpha value is -1.99. The summed E-state index contributed by atoms with van der Waals surface area (Å²) in [6, 6.07) is 0.650. The summed E-state index contributed by atoms with van der Waals surface area (Å²) >= 11 is 0. The summed E-state index contributed by atoms with van der Waals surface area (Å²) in [7, 11) is 1.89. The van der Waals surface area contributed by atoms with Crippen molar-refractivity contribution in [3.8, 4) is 0 Å². The van der Waals surface area contributed by atoms with Crippen LogP contribution in [0.3, 0.4) is 0 Å². The number of aliphatic carboxylic acids is 1. The van der Waals surface area contributed by atoms with E-state index < -0.39 is 12.1 Å². The quantitative estimate of drug-likeness (QED) is 0.700. The third-order valence-corrected chi connectivity index (χ3v) is 5.15. The number of carboxylic acids is 1. The van der Waals surface area contributed by atoms with E-state index in [2.05, 4.69) is 28.7 Å². The maximum absolute atomic E-state index is 9.45. The van der Waals surface area contributed by atoms with Crippen molar-refractivity contribution < 1.29 is 15.0 Å². The molecule has 7 nitrogen and oxygen atoms in total. The van der Waals surface area contributed by atoms with Gasteiger partial charge in [0.2, 0.25) is 5.95 Å². The van der Waals surface area contributed by atoms with Gasteiger partial charge in [0.05, 0.1) is 0 Å². The van der Waals surface area contributed by atoms with Gasteiger partial charge in [-0.3, -0.25) is 4.90 Å². The van der Waals surface area contributed by atoms with Gasteiger partial charge in [0.15, 0.2) is 0 Å². The molecule has 1 aromatic heterocycles. The molecule has 1 fully saturated rings. The number of nitrogens with zero attached hydrogens (tertiary/aromatic N) is 3. The van der Waals surface area contributed by atoms with Crippen molar-refractivity contribution in [3.63, 3.8) is 0 Å². The Labute approximate surface area is 155 Å². The molecule has 2 heterocycles. The molecule has 0 aromatic carbocycles. The summed E-state index contributed by atoms with van der Waals surface area (Å²) < 4.78 is 0. The molecular weight excluding hydrogens is 332 g/mol. The second-order valence-electron chi connectivity index (χ2n) is 6.98. The van der Waals surface area contributed by atoms with E-state index in [0.29, 0.717) is 6.04 Å². The molecule has 7 heteroatoms. The topological polar surface area (TPSA) is 98.6 Å². The minimum atomic E-state index is -1.23. The molecule has 3 rings (SSSR count). The van der Waals surface area contributed by atoms with E-state index in [1.807, 2.05) is 13.1 Å². The van der Waals surface area contributed by atoms with Crippen molar-refractivity contribution >= 4 is 11.9 Å². The number of rotatable bonds is 4. The molecule has 3 N–H and O–H groups in total. The average molecular weight is 362 g/mol. The first-order chi connectivity index (χ1) is 12.4. The maximum atomic E-state index is 9.45. The predicted octanol–water partition coefficient (Wildman–Crippen LogP) is 1.64. The third kappa shape index (κ3) is 4.80. The van der Waals surface area contributed by atoms with E-state index in [9.17, 15) is 4.79 Å². The fourth-order valence-corrected chi connectivity index (χ4v) is 3.80. The molecule has 1 unspecified atom stereocenters. The lowest BCUT2D eigenvalue weighted by Crippen LogP contribution is -2.49. The van der Waals surface area contributed by atoms with Gasteiger partial charge < -0.3 is 15.5 Å². The van der Waals surface area contributed by atoms with Crippen LogP contribution >= 0.6 is 0 Å². The van der Waals surface area contributed by atoms with Crippen LogP contribution < -0.4 is 5.32 Å². The largest absolute Gasteiger partial charge is 0.479 e. The number of aromatic nitrogens is 2. The Bertz CT molecular complexity index is 648. The average Bonchev–Trinajstić information content (AvgIpc) is 2.61. The minimum Gasteiger partial charge on any atom is -0.479 e. The molecule has 0 spiro atoms. The predicted molar refractivity (Wildman–Crippen MR) is 101 cm³/mol. The van der Waals surface area contributed by atoms with Gasteiger partial charge in [-0.05, 0) is 57.6 Å². The second-order valence-corrected chi connectivity index (χ2v) is 6.98. The van der Waals surface area contributed by atoms with Crippen LogP contribution in [0.15, 0.2) is 12.7 Å². The SMILES string of the molecule is C=CCN1CCC[C@H]2Cc3nc(NC)nc(C)c3C[C@@H]21.CC(O)C(=O)O. The van der Waals surface area contributed by atoms with Gasteiger partial charge in [0.1, 0.15) is 6.10 Å². The summed E-state index contributed by atoms with van der Waals surface area (Å²) in [5, 5.41) is 18.8. The number of carboxylic acid groups (broad SMARTS) is 1. The number of carbonyl (C=O) groups is 1. The number of aryl methyl sites for hydroxylation is 1. The highest BCUT2D eigenvalue weighted by atomic mass is 16.4. The van der Waals surface area contributed by atoms with Crippen LogP contribution in [0.5, 0.6) is 0 Å². The first-order valence-corrected chi connectivity index (χ1v) is 9.17. The molecule has 1 aliphatic carbocycles. The molecule has 1 saturated heterocycles. The molecule has 0 amide bonds. The van der Waals surface area contributed by atoms with Gasteiger partial charge in [-0.25, -0.2) is 14.8 Å². The van der Waals surface area contributed by atoms with Crippen molar-refractivity contribution in [2.75, 3.05) is 25.5 Å². The summed E-state index contributed by atoms with van der Waals surface area (Å²) in [4.78, 5) is 21.3. The lowest BCUT2D eigenvalue weighted by atomic mass is 9.76. The lowest BCUT2D eigenvalue weighted by molar-refractivity contribution is -0.145. The maximum Gasteiger partial charge on any atom is 0.332 e. The standard InChI is InChI=1S/C16H24N4.C3H6O3/c1-4-7-20-8-5-6-12-9-14-13(10-15(12)20)11(2)18-16(17-3)19-14;1-2(4)3(5)6/h4,12,15H,1,5-10H2,2-3H3,(H,17,18,19);2,4H,1H3,(H,5,6)/t12-,15-;/m0./s1. The molecule has 26 heavy (non-hydrogen) atoms. The lowest BCUT2D eigenvalue weighted by Gasteiger charge is -2.44. The van der Waals surface area contributed by atoms with Gasteiger partial charge in [-0.1, -0.05) is 6.08 Å². The summed E-state index contributed by atoms with van der Waals surface area (Å²) in [5.41, 5.74) is 3.78. The summed E-state index contributed by atoms with van der Waals surface area (Å²) in [5.74, 6) is 0.323. The van der Waals surface area contributed by atoms with Crippen molar-refractivity contribution in [1.82, 2.24) is 14.9 Å². The van der Waals surface area contributed by atoms with E-state index >= 15 is 0 Å². The zero-order valence-electron chi connectivity index (χ0n) is 15.9. The molecule has 0 saturated carbocycles. The highest BCUT2D eigenvalue weighted by molar-refractivity contribution is 5.71. The number of likely N-dealkylation sites (tertiary alicyclic amines) is 1. The van der Waals surface area contributed by atoms with Crippen LogP contribution in [0.2, 0.25) is 0 Å². The molecule has 2 aliphatic rings. The number of aliphatic hydroxyl groups is 1. The molecule has 0 bridgehead atoms. The Morgan fingerprint density at radius 3 is 2.73 bits per heavy atom. The van der Waals surface area contributed by atoms with Crippen LogP contribution in [0.1, 0.15) is 36.7 Å². The second kappa shape index (κ2) is 9.09. The third-order valence-electron chi connectivity index (χ3n) is 5.15. The number of anilines is 1. The van der Waals surface area contributed by atoms with Crippen LogP contribution in [-0.2, 0) is 17.6 Å². The molecule has 1 aromatic rings.